The average molecular weight is 235 g/mol. The summed E-state index contributed by atoms with van der Waals surface area (Å²) in [7, 11) is 1.75. The van der Waals surface area contributed by atoms with Crippen LogP contribution in [0.25, 0.3) is 0 Å². The number of benzene rings is 1. The van der Waals surface area contributed by atoms with Gasteiger partial charge in [-0.3, -0.25) is 0 Å². The van der Waals surface area contributed by atoms with E-state index in [1.54, 1.807) is 7.11 Å². The Morgan fingerprint density at radius 2 is 1.82 bits per heavy atom. The normalized spacial score (nSPS) is 13.7. The average Bonchev–Trinajstić information content (AvgIpc) is 2.29. The molecule has 1 unspecified atom stereocenters. The first-order chi connectivity index (χ1) is 8.01. The molecular formula is C15H25NO. The van der Waals surface area contributed by atoms with E-state index in [-0.39, 0.29) is 5.41 Å². The highest BCUT2D eigenvalue weighted by molar-refractivity contribution is 5.29. The first kappa shape index (κ1) is 14.2. The summed E-state index contributed by atoms with van der Waals surface area (Å²) in [6.45, 7) is 8.12. The predicted octanol–water partition coefficient (Wildman–Crippen LogP) is 3.06. The van der Waals surface area contributed by atoms with Gasteiger partial charge < -0.3 is 10.5 Å². The van der Waals surface area contributed by atoms with E-state index in [0.717, 1.165) is 19.6 Å². The van der Waals surface area contributed by atoms with Crippen LogP contribution >= 0.6 is 0 Å². The molecule has 0 saturated heterocycles. The van der Waals surface area contributed by atoms with Crippen molar-refractivity contribution in [3.8, 4) is 0 Å². The van der Waals surface area contributed by atoms with Gasteiger partial charge in [-0.05, 0) is 30.0 Å². The van der Waals surface area contributed by atoms with Crippen LogP contribution in [0.4, 0.5) is 0 Å². The summed E-state index contributed by atoms with van der Waals surface area (Å²) in [4.78, 5) is 0. The maximum atomic E-state index is 5.59. The lowest BCUT2D eigenvalue weighted by Crippen LogP contribution is -2.23. The number of rotatable bonds is 6. The molecular weight excluding hydrogens is 210 g/mol. The van der Waals surface area contributed by atoms with Crippen LogP contribution in [0.3, 0.4) is 0 Å². The highest BCUT2D eigenvalue weighted by Crippen LogP contribution is 2.26. The third-order valence-electron chi connectivity index (χ3n) is 3.37. The summed E-state index contributed by atoms with van der Waals surface area (Å²) in [5.74, 6) is 0.541. The van der Waals surface area contributed by atoms with Crippen molar-refractivity contribution in [3.05, 3.63) is 35.4 Å². The molecule has 0 fully saturated rings. The van der Waals surface area contributed by atoms with Crippen molar-refractivity contribution < 1.29 is 4.74 Å². The zero-order valence-electron chi connectivity index (χ0n) is 11.5. The van der Waals surface area contributed by atoms with Gasteiger partial charge >= 0.3 is 0 Å². The lowest BCUT2D eigenvalue weighted by Gasteiger charge is -2.24. The molecule has 0 aromatic heterocycles. The molecule has 0 radical (unpaired) electrons. The third kappa shape index (κ3) is 3.83. The van der Waals surface area contributed by atoms with Crippen molar-refractivity contribution in [3.63, 3.8) is 0 Å². The van der Waals surface area contributed by atoms with E-state index in [0.29, 0.717) is 5.92 Å². The molecule has 1 atom stereocenters. The van der Waals surface area contributed by atoms with Gasteiger partial charge in [0.25, 0.3) is 0 Å². The van der Waals surface area contributed by atoms with Gasteiger partial charge in [0.15, 0.2) is 0 Å². The molecule has 2 heteroatoms. The molecule has 0 saturated carbocycles. The number of methoxy groups -OCH3 is 1. The van der Waals surface area contributed by atoms with Crippen LogP contribution in [-0.2, 0) is 10.2 Å². The van der Waals surface area contributed by atoms with E-state index in [1.807, 2.05) is 0 Å². The standard InChI is InChI=1S/C15H25NO/c1-12(9-10-16)13-5-7-14(8-6-13)15(2,3)11-17-4/h5-8,12H,9-11,16H2,1-4H3. The van der Waals surface area contributed by atoms with Crippen LogP contribution in [0.2, 0.25) is 0 Å². The fraction of sp³-hybridized carbons (Fsp3) is 0.600. The predicted molar refractivity (Wildman–Crippen MR) is 73.4 cm³/mol. The second-order valence-corrected chi connectivity index (χ2v) is 5.42. The molecule has 2 N–H and O–H groups in total. The largest absolute Gasteiger partial charge is 0.384 e. The number of hydrogen-bond donors (Lipinski definition) is 1. The Hall–Kier alpha value is -0.860. The van der Waals surface area contributed by atoms with Crippen molar-refractivity contribution in [2.45, 2.75) is 38.5 Å². The Labute approximate surface area is 105 Å². The highest BCUT2D eigenvalue weighted by Gasteiger charge is 2.20. The van der Waals surface area contributed by atoms with E-state index >= 15 is 0 Å². The van der Waals surface area contributed by atoms with Crippen molar-refractivity contribution >= 4 is 0 Å². The van der Waals surface area contributed by atoms with Crippen LogP contribution in [0.15, 0.2) is 24.3 Å². The van der Waals surface area contributed by atoms with E-state index < -0.39 is 0 Å². The van der Waals surface area contributed by atoms with E-state index in [2.05, 4.69) is 45.0 Å². The molecule has 0 amide bonds. The van der Waals surface area contributed by atoms with Crippen LogP contribution < -0.4 is 5.73 Å². The van der Waals surface area contributed by atoms with Gasteiger partial charge in [0.1, 0.15) is 0 Å². The van der Waals surface area contributed by atoms with Crippen molar-refractivity contribution in [2.24, 2.45) is 5.73 Å². The van der Waals surface area contributed by atoms with Gasteiger partial charge in [0.05, 0.1) is 6.61 Å². The molecule has 0 bridgehead atoms. The molecule has 96 valence electrons. The zero-order chi connectivity index (χ0) is 12.9. The van der Waals surface area contributed by atoms with Gasteiger partial charge in [0, 0.05) is 12.5 Å². The molecule has 0 aliphatic heterocycles. The lowest BCUT2D eigenvalue weighted by molar-refractivity contribution is 0.146. The van der Waals surface area contributed by atoms with Crippen LogP contribution in [0.1, 0.15) is 44.2 Å². The van der Waals surface area contributed by atoms with Crippen LogP contribution in [0.5, 0.6) is 0 Å². The molecule has 0 heterocycles. The van der Waals surface area contributed by atoms with Gasteiger partial charge in [-0.15, -0.1) is 0 Å². The van der Waals surface area contributed by atoms with Crippen LogP contribution in [0, 0.1) is 0 Å². The van der Waals surface area contributed by atoms with Crippen molar-refractivity contribution in [1.29, 1.82) is 0 Å². The molecule has 1 rings (SSSR count). The Bertz CT molecular complexity index is 329. The lowest BCUT2D eigenvalue weighted by atomic mass is 9.84. The Balaban J connectivity index is 2.80. The minimum atomic E-state index is 0.0738. The van der Waals surface area contributed by atoms with Crippen molar-refractivity contribution in [1.82, 2.24) is 0 Å². The summed E-state index contributed by atoms with van der Waals surface area (Å²) in [5, 5.41) is 0. The molecule has 1 aromatic carbocycles. The minimum Gasteiger partial charge on any atom is -0.384 e. The van der Waals surface area contributed by atoms with Crippen LogP contribution in [-0.4, -0.2) is 20.3 Å². The topological polar surface area (TPSA) is 35.2 Å². The second kappa shape index (κ2) is 6.18. The summed E-state index contributed by atoms with van der Waals surface area (Å²) in [6, 6.07) is 8.85. The monoisotopic (exact) mass is 235 g/mol. The summed E-state index contributed by atoms with van der Waals surface area (Å²) >= 11 is 0. The quantitative estimate of drug-likeness (QED) is 0.822. The van der Waals surface area contributed by atoms with Gasteiger partial charge in [-0.1, -0.05) is 45.0 Å². The second-order valence-electron chi connectivity index (χ2n) is 5.42. The smallest absolute Gasteiger partial charge is 0.0553 e. The molecule has 0 aliphatic rings. The molecule has 1 aromatic rings. The van der Waals surface area contributed by atoms with E-state index in [9.17, 15) is 0 Å². The molecule has 0 aliphatic carbocycles. The molecule has 2 nitrogen and oxygen atoms in total. The summed E-state index contributed by atoms with van der Waals surface area (Å²) in [5.41, 5.74) is 8.35. The number of nitrogens with two attached hydrogens (primary N) is 1. The summed E-state index contributed by atoms with van der Waals surface area (Å²) < 4.78 is 5.26. The Kier molecular flexibility index (Phi) is 5.16. The fourth-order valence-corrected chi connectivity index (χ4v) is 2.12. The van der Waals surface area contributed by atoms with Crippen molar-refractivity contribution in [2.75, 3.05) is 20.3 Å². The maximum absolute atomic E-state index is 5.59. The maximum Gasteiger partial charge on any atom is 0.0553 e. The van der Waals surface area contributed by atoms with E-state index in [1.165, 1.54) is 11.1 Å². The Morgan fingerprint density at radius 3 is 2.29 bits per heavy atom. The SMILES string of the molecule is COCC(C)(C)c1ccc(C(C)CCN)cc1. The highest BCUT2D eigenvalue weighted by atomic mass is 16.5. The van der Waals surface area contributed by atoms with E-state index in [4.69, 9.17) is 10.5 Å². The van der Waals surface area contributed by atoms with Gasteiger partial charge in [-0.2, -0.15) is 0 Å². The fourth-order valence-electron chi connectivity index (χ4n) is 2.12. The molecule has 0 spiro atoms. The van der Waals surface area contributed by atoms with Gasteiger partial charge in [0.2, 0.25) is 0 Å². The first-order valence-electron chi connectivity index (χ1n) is 6.30. The number of hydrogen-bond acceptors (Lipinski definition) is 2. The first-order valence-corrected chi connectivity index (χ1v) is 6.30. The number of ether oxygens (including phenoxy) is 1. The third-order valence-corrected chi connectivity index (χ3v) is 3.37. The minimum absolute atomic E-state index is 0.0738. The van der Waals surface area contributed by atoms with Gasteiger partial charge in [-0.25, -0.2) is 0 Å². The summed E-state index contributed by atoms with van der Waals surface area (Å²) in [6.07, 6.45) is 1.04. The zero-order valence-corrected chi connectivity index (χ0v) is 11.5. The Morgan fingerprint density at radius 1 is 1.24 bits per heavy atom. The molecule has 17 heavy (non-hydrogen) atoms.